The van der Waals surface area contributed by atoms with Crippen molar-refractivity contribution in [3.63, 3.8) is 0 Å². The van der Waals surface area contributed by atoms with E-state index in [2.05, 4.69) is 0 Å². The molecule has 0 bridgehead atoms. The quantitative estimate of drug-likeness (QED) is 0.778. The minimum absolute atomic E-state index is 0.0457. The lowest BCUT2D eigenvalue weighted by molar-refractivity contribution is -0.153. The molecule has 2 rings (SSSR count). The topological polar surface area (TPSA) is 35.5 Å². The smallest absolute Gasteiger partial charge is 0.308 e. The molecule has 1 heterocycles. The van der Waals surface area contributed by atoms with Gasteiger partial charge >= 0.3 is 5.97 Å². The number of hydrogen-bond acceptors (Lipinski definition) is 3. The highest BCUT2D eigenvalue weighted by Crippen LogP contribution is 2.32. The highest BCUT2D eigenvalue weighted by molar-refractivity contribution is 6.30. The molecule has 0 aromatic heterocycles. The summed E-state index contributed by atoms with van der Waals surface area (Å²) in [4.78, 5) is 11.7. The van der Waals surface area contributed by atoms with Crippen molar-refractivity contribution in [2.24, 2.45) is 0 Å². The van der Waals surface area contributed by atoms with Crippen molar-refractivity contribution in [1.29, 1.82) is 0 Å². The zero-order valence-corrected chi connectivity index (χ0v) is 12.7. The molecule has 0 aliphatic carbocycles. The Balaban J connectivity index is 1.91. The summed E-state index contributed by atoms with van der Waals surface area (Å²) in [6, 6.07) is 7.72. The fraction of sp³-hybridized carbons (Fsp3) is 0.562. The molecule has 1 aromatic carbocycles. The number of halogens is 1. The Morgan fingerprint density at radius 1 is 1.35 bits per heavy atom. The SMILES string of the molecule is CC(C)OC(=O)C[C@@H]1CCC[C@H](c2ccc(Cl)cc2)O1. The van der Waals surface area contributed by atoms with E-state index in [0.29, 0.717) is 6.42 Å². The Morgan fingerprint density at radius 3 is 2.70 bits per heavy atom. The van der Waals surface area contributed by atoms with E-state index < -0.39 is 0 Å². The molecule has 1 saturated heterocycles. The predicted molar refractivity (Wildman–Crippen MR) is 78.8 cm³/mol. The van der Waals surface area contributed by atoms with E-state index in [9.17, 15) is 4.79 Å². The minimum atomic E-state index is -0.179. The highest BCUT2D eigenvalue weighted by Gasteiger charge is 2.26. The molecule has 0 unspecified atom stereocenters. The van der Waals surface area contributed by atoms with Gasteiger partial charge in [0.15, 0.2) is 0 Å². The van der Waals surface area contributed by atoms with Crippen LogP contribution >= 0.6 is 11.6 Å². The van der Waals surface area contributed by atoms with Crippen molar-refractivity contribution in [2.75, 3.05) is 0 Å². The number of carbonyl (C=O) groups excluding carboxylic acids is 1. The van der Waals surface area contributed by atoms with Gasteiger partial charge in [-0.05, 0) is 50.8 Å². The summed E-state index contributed by atoms with van der Waals surface area (Å²) in [7, 11) is 0. The minimum Gasteiger partial charge on any atom is -0.463 e. The molecule has 1 aliphatic rings. The van der Waals surface area contributed by atoms with Crippen LogP contribution in [0.4, 0.5) is 0 Å². The number of carbonyl (C=O) groups is 1. The van der Waals surface area contributed by atoms with Crippen LogP contribution in [0.5, 0.6) is 0 Å². The first-order chi connectivity index (χ1) is 9.54. The van der Waals surface area contributed by atoms with Crippen molar-refractivity contribution < 1.29 is 14.3 Å². The van der Waals surface area contributed by atoms with Gasteiger partial charge in [0.25, 0.3) is 0 Å². The van der Waals surface area contributed by atoms with Crippen LogP contribution in [0.15, 0.2) is 24.3 Å². The van der Waals surface area contributed by atoms with Gasteiger partial charge in [-0.3, -0.25) is 4.79 Å². The summed E-state index contributed by atoms with van der Waals surface area (Å²) in [5, 5.41) is 0.724. The molecular weight excluding hydrogens is 276 g/mol. The van der Waals surface area contributed by atoms with Gasteiger partial charge in [-0.1, -0.05) is 23.7 Å². The second kappa shape index (κ2) is 7.09. The molecule has 1 aliphatic heterocycles. The average molecular weight is 297 g/mol. The first kappa shape index (κ1) is 15.3. The summed E-state index contributed by atoms with van der Waals surface area (Å²) in [6.07, 6.45) is 3.23. The van der Waals surface area contributed by atoms with Crippen molar-refractivity contribution in [3.05, 3.63) is 34.9 Å². The molecule has 4 heteroatoms. The molecule has 2 atom stereocenters. The van der Waals surface area contributed by atoms with Gasteiger partial charge in [-0.25, -0.2) is 0 Å². The molecule has 110 valence electrons. The van der Waals surface area contributed by atoms with Crippen LogP contribution < -0.4 is 0 Å². The fourth-order valence-electron chi connectivity index (χ4n) is 2.47. The molecule has 0 saturated carbocycles. The van der Waals surface area contributed by atoms with E-state index in [-0.39, 0.29) is 24.3 Å². The number of ether oxygens (including phenoxy) is 2. The Morgan fingerprint density at radius 2 is 2.05 bits per heavy atom. The molecule has 3 nitrogen and oxygen atoms in total. The summed E-state index contributed by atoms with van der Waals surface area (Å²) in [5.74, 6) is -0.179. The zero-order valence-electron chi connectivity index (χ0n) is 12.0. The fourth-order valence-corrected chi connectivity index (χ4v) is 2.60. The van der Waals surface area contributed by atoms with E-state index in [0.717, 1.165) is 29.8 Å². The molecule has 1 fully saturated rings. The summed E-state index contributed by atoms with van der Waals surface area (Å²) in [6.45, 7) is 3.71. The van der Waals surface area contributed by atoms with Gasteiger partial charge < -0.3 is 9.47 Å². The van der Waals surface area contributed by atoms with E-state index >= 15 is 0 Å². The van der Waals surface area contributed by atoms with Crippen molar-refractivity contribution in [3.8, 4) is 0 Å². The highest BCUT2D eigenvalue weighted by atomic mass is 35.5. The van der Waals surface area contributed by atoms with Crippen LogP contribution in [0.2, 0.25) is 5.02 Å². The van der Waals surface area contributed by atoms with Crippen LogP contribution in [-0.4, -0.2) is 18.2 Å². The molecular formula is C16H21ClO3. The lowest BCUT2D eigenvalue weighted by atomic mass is 9.97. The molecule has 0 amide bonds. The van der Waals surface area contributed by atoms with Crippen molar-refractivity contribution >= 4 is 17.6 Å². The Kier molecular flexibility index (Phi) is 5.44. The Bertz CT molecular complexity index is 442. The second-order valence-electron chi connectivity index (χ2n) is 5.47. The third-order valence-electron chi connectivity index (χ3n) is 3.35. The van der Waals surface area contributed by atoms with Crippen LogP contribution in [0.3, 0.4) is 0 Å². The summed E-state index contributed by atoms with van der Waals surface area (Å²) in [5.41, 5.74) is 1.12. The van der Waals surface area contributed by atoms with E-state index in [4.69, 9.17) is 21.1 Å². The Labute approximate surface area is 125 Å². The normalized spacial score (nSPS) is 22.8. The molecule has 0 spiro atoms. The maximum absolute atomic E-state index is 11.7. The molecule has 20 heavy (non-hydrogen) atoms. The van der Waals surface area contributed by atoms with Crippen molar-refractivity contribution in [1.82, 2.24) is 0 Å². The first-order valence-electron chi connectivity index (χ1n) is 7.15. The van der Waals surface area contributed by atoms with Gasteiger partial charge in [0.1, 0.15) is 0 Å². The molecule has 1 aromatic rings. The number of esters is 1. The zero-order chi connectivity index (χ0) is 14.5. The lowest BCUT2D eigenvalue weighted by Crippen LogP contribution is -2.26. The molecule has 0 radical (unpaired) electrons. The van der Waals surface area contributed by atoms with Gasteiger partial charge in [0.2, 0.25) is 0 Å². The largest absolute Gasteiger partial charge is 0.463 e. The van der Waals surface area contributed by atoms with Crippen LogP contribution in [-0.2, 0) is 14.3 Å². The first-order valence-corrected chi connectivity index (χ1v) is 7.53. The average Bonchev–Trinajstić information content (AvgIpc) is 2.38. The third-order valence-corrected chi connectivity index (χ3v) is 3.60. The third kappa shape index (κ3) is 4.50. The number of benzene rings is 1. The maximum atomic E-state index is 11.7. The summed E-state index contributed by atoms with van der Waals surface area (Å²) < 4.78 is 11.2. The monoisotopic (exact) mass is 296 g/mol. The van der Waals surface area contributed by atoms with E-state index in [1.807, 2.05) is 38.1 Å². The van der Waals surface area contributed by atoms with Gasteiger partial charge in [-0.2, -0.15) is 0 Å². The van der Waals surface area contributed by atoms with Gasteiger partial charge in [-0.15, -0.1) is 0 Å². The van der Waals surface area contributed by atoms with Crippen LogP contribution in [0.1, 0.15) is 51.2 Å². The maximum Gasteiger partial charge on any atom is 0.308 e. The number of hydrogen-bond donors (Lipinski definition) is 0. The van der Waals surface area contributed by atoms with Gasteiger partial charge in [0, 0.05) is 5.02 Å². The van der Waals surface area contributed by atoms with E-state index in [1.54, 1.807) is 0 Å². The standard InChI is InChI=1S/C16H21ClO3/c1-11(2)19-16(18)10-14-4-3-5-15(20-14)12-6-8-13(17)9-7-12/h6-9,11,14-15H,3-5,10H2,1-2H3/t14-,15+/m0/s1. The predicted octanol–water partition coefficient (Wildman–Crippen LogP) is 4.29. The Hall–Kier alpha value is -1.06. The lowest BCUT2D eigenvalue weighted by Gasteiger charge is -2.30. The van der Waals surface area contributed by atoms with Crippen molar-refractivity contribution in [2.45, 2.75) is 57.8 Å². The van der Waals surface area contributed by atoms with Gasteiger partial charge in [0.05, 0.1) is 24.7 Å². The van der Waals surface area contributed by atoms with E-state index in [1.165, 1.54) is 0 Å². The number of rotatable bonds is 4. The van der Waals surface area contributed by atoms with Crippen LogP contribution in [0.25, 0.3) is 0 Å². The summed E-state index contributed by atoms with van der Waals surface area (Å²) >= 11 is 5.89. The van der Waals surface area contributed by atoms with Crippen LogP contribution in [0, 0.1) is 0 Å². The molecule has 0 N–H and O–H groups in total. The second-order valence-corrected chi connectivity index (χ2v) is 5.91.